The summed E-state index contributed by atoms with van der Waals surface area (Å²) in [6.07, 6.45) is 0.885. The fraction of sp³-hybridized carbons (Fsp3) is 0.346. The number of rotatable bonds is 6. The maximum atomic E-state index is 13.2. The second kappa shape index (κ2) is 10.1. The van der Waals surface area contributed by atoms with Crippen molar-refractivity contribution in [3.63, 3.8) is 0 Å². The lowest BCUT2D eigenvalue weighted by molar-refractivity contribution is -0.140. The van der Waals surface area contributed by atoms with Crippen LogP contribution in [0.3, 0.4) is 0 Å². The molecule has 0 bridgehead atoms. The van der Waals surface area contributed by atoms with Gasteiger partial charge in [0.1, 0.15) is 5.82 Å². The summed E-state index contributed by atoms with van der Waals surface area (Å²) in [6.45, 7) is 6.54. The minimum absolute atomic E-state index is 0.00237. The molecule has 34 heavy (non-hydrogen) atoms. The van der Waals surface area contributed by atoms with Gasteiger partial charge in [-0.1, -0.05) is 0 Å². The Labute approximate surface area is 198 Å². The molecule has 1 aliphatic heterocycles. The van der Waals surface area contributed by atoms with E-state index in [0.29, 0.717) is 44.6 Å². The SMILES string of the molecule is COC(=O)CCc1c(C)nn(-c2ccc(C(=O)N3CCN(c4ccc(F)cc4)CC3)cc2)c1C. The largest absolute Gasteiger partial charge is 0.469 e. The number of piperazine rings is 1. The molecule has 1 aliphatic rings. The Morgan fingerprint density at radius 1 is 0.941 bits per heavy atom. The highest BCUT2D eigenvalue weighted by Gasteiger charge is 2.23. The van der Waals surface area contributed by atoms with Gasteiger partial charge < -0.3 is 14.5 Å². The number of aryl methyl sites for hydroxylation is 1. The molecule has 1 fully saturated rings. The normalized spacial score (nSPS) is 13.8. The maximum absolute atomic E-state index is 13.2. The van der Waals surface area contributed by atoms with Crippen molar-refractivity contribution in [3.05, 3.63) is 76.9 Å². The number of amides is 1. The molecule has 2 heterocycles. The van der Waals surface area contributed by atoms with Crippen molar-refractivity contribution in [2.45, 2.75) is 26.7 Å². The van der Waals surface area contributed by atoms with E-state index in [1.54, 1.807) is 12.1 Å². The number of halogens is 1. The molecule has 0 unspecified atom stereocenters. The summed E-state index contributed by atoms with van der Waals surface area (Å²) in [7, 11) is 1.39. The zero-order chi connectivity index (χ0) is 24.2. The van der Waals surface area contributed by atoms with E-state index in [9.17, 15) is 14.0 Å². The molecule has 0 N–H and O–H groups in total. The molecule has 1 aromatic heterocycles. The van der Waals surface area contributed by atoms with Crippen molar-refractivity contribution in [2.75, 3.05) is 38.2 Å². The standard InChI is InChI=1S/C26H29FN4O3/c1-18-24(12-13-25(32)34-3)19(2)31(28-18)23-8-4-20(5-9-23)26(33)30-16-14-29(15-17-30)22-10-6-21(27)7-11-22/h4-11H,12-17H2,1-3H3. The van der Waals surface area contributed by atoms with E-state index in [2.05, 4.69) is 10.00 Å². The lowest BCUT2D eigenvalue weighted by Crippen LogP contribution is -2.48. The predicted octanol–water partition coefficient (Wildman–Crippen LogP) is 3.70. The molecule has 0 saturated carbocycles. The monoisotopic (exact) mass is 464 g/mol. The zero-order valence-corrected chi connectivity index (χ0v) is 19.8. The molecule has 178 valence electrons. The van der Waals surface area contributed by atoms with Crippen molar-refractivity contribution in [1.82, 2.24) is 14.7 Å². The van der Waals surface area contributed by atoms with Gasteiger partial charge in [0.05, 0.1) is 18.5 Å². The average Bonchev–Trinajstić information content (AvgIpc) is 3.15. The first kappa shape index (κ1) is 23.5. The van der Waals surface area contributed by atoms with Crippen LogP contribution in [0.2, 0.25) is 0 Å². The van der Waals surface area contributed by atoms with Crippen molar-refractivity contribution >= 4 is 17.6 Å². The number of aromatic nitrogens is 2. The minimum atomic E-state index is -0.251. The quantitative estimate of drug-likeness (QED) is 0.521. The lowest BCUT2D eigenvalue weighted by atomic mass is 10.1. The van der Waals surface area contributed by atoms with Gasteiger partial charge in [0.15, 0.2) is 0 Å². The minimum Gasteiger partial charge on any atom is -0.469 e. The maximum Gasteiger partial charge on any atom is 0.305 e. The molecule has 8 heteroatoms. The Balaban J connectivity index is 1.40. The number of esters is 1. The first-order valence-corrected chi connectivity index (χ1v) is 11.4. The van der Waals surface area contributed by atoms with E-state index in [-0.39, 0.29) is 17.7 Å². The van der Waals surface area contributed by atoms with Crippen LogP contribution in [0.15, 0.2) is 48.5 Å². The summed E-state index contributed by atoms with van der Waals surface area (Å²) in [4.78, 5) is 28.6. The van der Waals surface area contributed by atoms with Crippen LogP contribution < -0.4 is 4.90 Å². The third-order valence-electron chi connectivity index (χ3n) is 6.37. The molecule has 1 amide bonds. The molecular weight excluding hydrogens is 435 g/mol. The second-order valence-corrected chi connectivity index (χ2v) is 8.44. The van der Waals surface area contributed by atoms with Crippen LogP contribution in [-0.2, 0) is 16.0 Å². The summed E-state index contributed by atoms with van der Waals surface area (Å²) >= 11 is 0. The van der Waals surface area contributed by atoms with Gasteiger partial charge in [0, 0.05) is 49.5 Å². The van der Waals surface area contributed by atoms with E-state index in [4.69, 9.17) is 4.74 Å². The first-order chi connectivity index (χ1) is 16.4. The van der Waals surface area contributed by atoms with E-state index >= 15 is 0 Å². The Morgan fingerprint density at radius 2 is 1.56 bits per heavy atom. The Bertz CT molecular complexity index is 1160. The number of hydrogen-bond acceptors (Lipinski definition) is 5. The van der Waals surface area contributed by atoms with Gasteiger partial charge in [-0.2, -0.15) is 5.10 Å². The molecule has 0 radical (unpaired) electrons. The lowest BCUT2D eigenvalue weighted by Gasteiger charge is -2.36. The highest BCUT2D eigenvalue weighted by Crippen LogP contribution is 2.21. The van der Waals surface area contributed by atoms with E-state index in [1.807, 2.05) is 47.7 Å². The van der Waals surface area contributed by atoms with Gasteiger partial charge in [-0.25, -0.2) is 9.07 Å². The molecule has 0 aliphatic carbocycles. The number of nitrogens with zero attached hydrogens (tertiary/aromatic N) is 4. The third kappa shape index (κ3) is 4.95. The van der Waals surface area contributed by atoms with Crippen molar-refractivity contribution in [1.29, 1.82) is 0 Å². The van der Waals surface area contributed by atoms with Gasteiger partial charge in [0.25, 0.3) is 5.91 Å². The Hall–Kier alpha value is -3.68. The Kier molecular flexibility index (Phi) is 6.95. The smallest absolute Gasteiger partial charge is 0.305 e. The van der Waals surface area contributed by atoms with Crippen molar-refractivity contribution in [2.24, 2.45) is 0 Å². The summed E-state index contributed by atoms with van der Waals surface area (Å²) in [6, 6.07) is 13.9. The number of ether oxygens (including phenoxy) is 1. The van der Waals surface area contributed by atoms with Crippen LogP contribution >= 0.6 is 0 Å². The molecule has 4 rings (SSSR count). The second-order valence-electron chi connectivity index (χ2n) is 8.44. The predicted molar refractivity (Wildman–Crippen MR) is 128 cm³/mol. The highest BCUT2D eigenvalue weighted by molar-refractivity contribution is 5.94. The first-order valence-electron chi connectivity index (χ1n) is 11.4. The van der Waals surface area contributed by atoms with Crippen molar-refractivity contribution < 1.29 is 18.7 Å². The number of anilines is 1. The fourth-order valence-electron chi connectivity index (χ4n) is 4.36. The average molecular weight is 465 g/mol. The molecule has 7 nitrogen and oxygen atoms in total. The van der Waals surface area contributed by atoms with Crippen LogP contribution in [0, 0.1) is 19.7 Å². The molecule has 0 spiro atoms. The van der Waals surface area contributed by atoms with Crippen LogP contribution in [0.4, 0.5) is 10.1 Å². The molecular formula is C26H29FN4O3. The highest BCUT2D eigenvalue weighted by atomic mass is 19.1. The number of benzene rings is 2. The van der Waals surface area contributed by atoms with Gasteiger partial charge >= 0.3 is 5.97 Å². The van der Waals surface area contributed by atoms with Crippen LogP contribution in [0.25, 0.3) is 5.69 Å². The number of carbonyl (C=O) groups excluding carboxylic acids is 2. The van der Waals surface area contributed by atoms with E-state index in [0.717, 1.165) is 28.3 Å². The van der Waals surface area contributed by atoms with Gasteiger partial charge in [-0.15, -0.1) is 0 Å². The van der Waals surface area contributed by atoms with E-state index < -0.39 is 0 Å². The van der Waals surface area contributed by atoms with Gasteiger partial charge in [-0.05, 0) is 74.4 Å². The summed E-state index contributed by atoms with van der Waals surface area (Å²) in [5.74, 6) is -0.496. The summed E-state index contributed by atoms with van der Waals surface area (Å²) < 4.78 is 19.8. The molecule has 1 saturated heterocycles. The van der Waals surface area contributed by atoms with E-state index in [1.165, 1.54) is 19.2 Å². The van der Waals surface area contributed by atoms with Gasteiger partial charge in [-0.3, -0.25) is 9.59 Å². The number of carbonyl (C=O) groups is 2. The fourth-order valence-corrected chi connectivity index (χ4v) is 4.36. The number of methoxy groups -OCH3 is 1. The molecule has 2 aromatic carbocycles. The van der Waals surface area contributed by atoms with Crippen molar-refractivity contribution in [3.8, 4) is 5.69 Å². The van der Waals surface area contributed by atoms with Gasteiger partial charge in [0.2, 0.25) is 0 Å². The summed E-state index contributed by atoms with van der Waals surface area (Å²) in [5, 5.41) is 4.63. The topological polar surface area (TPSA) is 67.7 Å². The van der Waals surface area contributed by atoms with Crippen LogP contribution in [0.5, 0.6) is 0 Å². The zero-order valence-electron chi connectivity index (χ0n) is 19.8. The third-order valence-corrected chi connectivity index (χ3v) is 6.37. The van der Waals surface area contributed by atoms with Crippen LogP contribution in [-0.4, -0.2) is 59.8 Å². The van der Waals surface area contributed by atoms with Crippen LogP contribution in [0.1, 0.15) is 33.7 Å². The molecule has 3 aromatic rings. The Morgan fingerprint density at radius 3 is 2.18 bits per heavy atom. The summed E-state index contributed by atoms with van der Waals surface area (Å²) in [5.41, 5.74) is 5.34. The number of hydrogen-bond donors (Lipinski definition) is 0. The molecule has 0 atom stereocenters.